The first-order chi connectivity index (χ1) is 4.84. The highest BCUT2D eigenvalue weighted by Crippen LogP contribution is 2.19. The van der Waals surface area contributed by atoms with Crippen molar-refractivity contribution in [3.05, 3.63) is 12.2 Å². The van der Waals surface area contributed by atoms with Crippen LogP contribution in [0.1, 0.15) is 32.6 Å². The van der Waals surface area contributed by atoms with Gasteiger partial charge in [-0.3, -0.25) is 0 Å². The first-order valence-electron chi connectivity index (χ1n) is 4.07. The monoisotopic (exact) mass is 137 g/mol. The van der Waals surface area contributed by atoms with E-state index >= 15 is 0 Å². The Labute approximate surface area is 62.6 Å². The molecule has 10 heavy (non-hydrogen) atoms. The zero-order valence-electron chi connectivity index (χ0n) is 6.56. The summed E-state index contributed by atoms with van der Waals surface area (Å²) in [6, 6.07) is 0. The standard InChI is InChI=1S/C9H15N/c1-2-9(10)8-6-4-3-5-7-8/h3-4,8,10H,2,5-7H2,1H3. The van der Waals surface area contributed by atoms with Crippen LogP contribution in [0, 0.1) is 11.3 Å². The van der Waals surface area contributed by atoms with Gasteiger partial charge in [-0.25, -0.2) is 0 Å². The number of allylic oxidation sites excluding steroid dienone is 2. The lowest BCUT2D eigenvalue weighted by Gasteiger charge is -2.17. The van der Waals surface area contributed by atoms with Gasteiger partial charge in [0.25, 0.3) is 0 Å². The molecule has 0 fully saturated rings. The van der Waals surface area contributed by atoms with E-state index in [0.717, 1.165) is 18.6 Å². The third-order valence-corrected chi connectivity index (χ3v) is 2.14. The molecule has 1 rings (SSSR count). The van der Waals surface area contributed by atoms with Crippen molar-refractivity contribution in [2.24, 2.45) is 5.92 Å². The molecule has 0 saturated heterocycles. The molecule has 0 aromatic rings. The molecule has 0 bridgehead atoms. The molecule has 0 saturated carbocycles. The average Bonchev–Trinajstić information content (AvgIpc) is 2.05. The van der Waals surface area contributed by atoms with Crippen LogP contribution < -0.4 is 0 Å². The molecular weight excluding hydrogens is 122 g/mol. The summed E-state index contributed by atoms with van der Waals surface area (Å²) in [6.07, 6.45) is 8.83. The largest absolute Gasteiger partial charge is 0.309 e. The minimum Gasteiger partial charge on any atom is -0.309 e. The molecule has 1 atom stereocenters. The highest BCUT2D eigenvalue weighted by Gasteiger charge is 2.12. The number of hydrogen-bond donors (Lipinski definition) is 1. The molecule has 0 heterocycles. The minimum absolute atomic E-state index is 0.565. The van der Waals surface area contributed by atoms with Gasteiger partial charge in [0.2, 0.25) is 0 Å². The molecule has 1 N–H and O–H groups in total. The molecule has 56 valence electrons. The third-order valence-electron chi connectivity index (χ3n) is 2.14. The van der Waals surface area contributed by atoms with Gasteiger partial charge in [0.1, 0.15) is 0 Å². The van der Waals surface area contributed by atoms with Crippen molar-refractivity contribution in [2.75, 3.05) is 0 Å². The van der Waals surface area contributed by atoms with Crippen LogP contribution in [0.2, 0.25) is 0 Å². The number of rotatable bonds is 2. The van der Waals surface area contributed by atoms with Crippen LogP contribution in [0.15, 0.2) is 12.2 Å². The molecule has 1 heteroatoms. The summed E-state index contributed by atoms with van der Waals surface area (Å²) in [5.74, 6) is 0.565. The van der Waals surface area contributed by atoms with Gasteiger partial charge in [-0.15, -0.1) is 0 Å². The topological polar surface area (TPSA) is 23.9 Å². The fraction of sp³-hybridized carbons (Fsp3) is 0.667. The van der Waals surface area contributed by atoms with Gasteiger partial charge in [0, 0.05) is 11.6 Å². The van der Waals surface area contributed by atoms with E-state index in [-0.39, 0.29) is 0 Å². The normalized spacial score (nSPS) is 24.7. The summed E-state index contributed by atoms with van der Waals surface area (Å²) >= 11 is 0. The second-order valence-corrected chi connectivity index (χ2v) is 2.86. The summed E-state index contributed by atoms with van der Waals surface area (Å²) in [4.78, 5) is 0. The molecule has 1 aliphatic carbocycles. The van der Waals surface area contributed by atoms with E-state index in [0.29, 0.717) is 5.92 Å². The Balaban J connectivity index is 2.41. The Morgan fingerprint density at radius 1 is 1.60 bits per heavy atom. The fourth-order valence-electron chi connectivity index (χ4n) is 1.40. The molecule has 0 aromatic carbocycles. The zero-order chi connectivity index (χ0) is 7.40. The molecule has 0 aromatic heterocycles. The van der Waals surface area contributed by atoms with E-state index in [1.807, 2.05) is 0 Å². The van der Waals surface area contributed by atoms with Crippen molar-refractivity contribution in [3.63, 3.8) is 0 Å². The molecule has 1 nitrogen and oxygen atoms in total. The Morgan fingerprint density at radius 3 is 2.90 bits per heavy atom. The van der Waals surface area contributed by atoms with Gasteiger partial charge >= 0.3 is 0 Å². The van der Waals surface area contributed by atoms with Crippen LogP contribution in [-0.2, 0) is 0 Å². The molecule has 1 aliphatic rings. The van der Waals surface area contributed by atoms with Crippen LogP contribution in [0.5, 0.6) is 0 Å². The lowest BCUT2D eigenvalue weighted by atomic mass is 9.89. The Kier molecular flexibility index (Phi) is 2.67. The SMILES string of the molecule is CCC(=N)C1CC=CCC1. The molecule has 0 spiro atoms. The Bertz CT molecular complexity index is 147. The van der Waals surface area contributed by atoms with Crippen LogP contribution in [0.25, 0.3) is 0 Å². The summed E-state index contributed by atoms with van der Waals surface area (Å²) in [7, 11) is 0. The smallest absolute Gasteiger partial charge is 0.0120 e. The first-order valence-corrected chi connectivity index (χ1v) is 4.07. The van der Waals surface area contributed by atoms with Gasteiger partial charge in [0.05, 0.1) is 0 Å². The quantitative estimate of drug-likeness (QED) is 0.447. The third kappa shape index (κ3) is 1.69. The van der Waals surface area contributed by atoms with Crippen molar-refractivity contribution >= 4 is 5.71 Å². The molecular formula is C9H15N. The van der Waals surface area contributed by atoms with Crippen molar-refractivity contribution in [3.8, 4) is 0 Å². The van der Waals surface area contributed by atoms with Crippen molar-refractivity contribution in [2.45, 2.75) is 32.6 Å². The van der Waals surface area contributed by atoms with Crippen molar-refractivity contribution < 1.29 is 0 Å². The molecule has 0 radical (unpaired) electrons. The van der Waals surface area contributed by atoms with Crippen molar-refractivity contribution in [1.82, 2.24) is 0 Å². The zero-order valence-corrected chi connectivity index (χ0v) is 6.56. The van der Waals surface area contributed by atoms with Crippen molar-refractivity contribution in [1.29, 1.82) is 5.41 Å². The number of hydrogen-bond acceptors (Lipinski definition) is 1. The Morgan fingerprint density at radius 2 is 2.40 bits per heavy atom. The first kappa shape index (κ1) is 7.52. The minimum atomic E-state index is 0.565. The Hall–Kier alpha value is -0.590. The van der Waals surface area contributed by atoms with Crippen LogP contribution >= 0.6 is 0 Å². The highest BCUT2D eigenvalue weighted by molar-refractivity contribution is 5.83. The molecule has 0 aliphatic heterocycles. The van der Waals surface area contributed by atoms with E-state index in [4.69, 9.17) is 5.41 Å². The maximum atomic E-state index is 7.60. The predicted molar refractivity (Wildman–Crippen MR) is 44.5 cm³/mol. The van der Waals surface area contributed by atoms with E-state index in [1.165, 1.54) is 12.8 Å². The van der Waals surface area contributed by atoms with Gasteiger partial charge in [-0.05, 0) is 25.7 Å². The molecule has 1 unspecified atom stereocenters. The van der Waals surface area contributed by atoms with E-state index in [9.17, 15) is 0 Å². The van der Waals surface area contributed by atoms with Crippen LogP contribution in [0.3, 0.4) is 0 Å². The average molecular weight is 137 g/mol. The second kappa shape index (κ2) is 3.55. The van der Waals surface area contributed by atoms with Gasteiger partial charge < -0.3 is 5.41 Å². The van der Waals surface area contributed by atoms with E-state index in [1.54, 1.807) is 0 Å². The van der Waals surface area contributed by atoms with E-state index in [2.05, 4.69) is 19.1 Å². The fourth-order valence-corrected chi connectivity index (χ4v) is 1.40. The highest BCUT2D eigenvalue weighted by atomic mass is 14.4. The molecule has 0 amide bonds. The predicted octanol–water partition coefficient (Wildman–Crippen LogP) is 2.77. The summed E-state index contributed by atoms with van der Waals surface area (Å²) in [6.45, 7) is 2.07. The number of nitrogens with one attached hydrogen (secondary N) is 1. The van der Waals surface area contributed by atoms with E-state index < -0.39 is 0 Å². The lowest BCUT2D eigenvalue weighted by Crippen LogP contribution is -2.13. The van der Waals surface area contributed by atoms with Gasteiger partial charge in [-0.1, -0.05) is 19.1 Å². The van der Waals surface area contributed by atoms with Crippen LogP contribution in [-0.4, -0.2) is 5.71 Å². The van der Waals surface area contributed by atoms with Gasteiger partial charge in [-0.2, -0.15) is 0 Å². The van der Waals surface area contributed by atoms with Crippen LogP contribution in [0.4, 0.5) is 0 Å². The maximum absolute atomic E-state index is 7.60. The maximum Gasteiger partial charge on any atom is 0.0120 e. The second-order valence-electron chi connectivity index (χ2n) is 2.86. The summed E-state index contributed by atoms with van der Waals surface area (Å²) in [5, 5.41) is 7.60. The summed E-state index contributed by atoms with van der Waals surface area (Å²) in [5.41, 5.74) is 0.935. The van der Waals surface area contributed by atoms with Gasteiger partial charge in [0.15, 0.2) is 0 Å². The summed E-state index contributed by atoms with van der Waals surface area (Å²) < 4.78 is 0. The lowest BCUT2D eigenvalue weighted by molar-refractivity contribution is 0.605.